The maximum Gasteiger partial charge on any atom is 0.0622 e. The Kier molecular flexibility index (Phi) is 3.69. The fourth-order valence-electron chi connectivity index (χ4n) is 1.98. The second-order valence-electron chi connectivity index (χ2n) is 4.28. The molecule has 1 aromatic carbocycles. The minimum absolute atomic E-state index is 0.499. The Morgan fingerprint density at radius 3 is 3.06 bits per heavy atom. The standard InChI is InChI=1S/C12H17ClN2O/c1-15(11-4-5-16-8-11)7-9-6-10(13)2-3-12(9)14/h2-3,6,11H,4-5,7-8,14H2,1H3. The highest BCUT2D eigenvalue weighted by molar-refractivity contribution is 6.30. The molecule has 4 heteroatoms. The van der Waals surface area contributed by atoms with Crippen LogP contribution in [0.15, 0.2) is 18.2 Å². The number of benzene rings is 1. The summed E-state index contributed by atoms with van der Waals surface area (Å²) in [5, 5.41) is 0.736. The zero-order valence-corrected chi connectivity index (χ0v) is 10.2. The first kappa shape index (κ1) is 11.7. The van der Waals surface area contributed by atoms with Crippen molar-refractivity contribution in [3.63, 3.8) is 0 Å². The Labute approximate surface area is 101 Å². The van der Waals surface area contributed by atoms with Gasteiger partial charge >= 0.3 is 0 Å². The van der Waals surface area contributed by atoms with Gasteiger partial charge in [-0.3, -0.25) is 4.90 Å². The number of nitrogens with zero attached hydrogens (tertiary/aromatic N) is 1. The number of rotatable bonds is 3. The van der Waals surface area contributed by atoms with Crippen LogP contribution in [0, 0.1) is 0 Å². The quantitative estimate of drug-likeness (QED) is 0.823. The molecule has 1 fully saturated rings. The number of likely N-dealkylation sites (N-methyl/N-ethyl adjacent to an activating group) is 1. The van der Waals surface area contributed by atoms with Crippen molar-refractivity contribution >= 4 is 17.3 Å². The summed E-state index contributed by atoms with van der Waals surface area (Å²) in [6.07, 6.45) is 1.09. The first-order valence-electron chi connectivity index (χ1n) is 5.48. The van der Waals surface area contributed by atoms with E-state index in [1.54, 1.807) is 0 Å². The molecule has 1 saturated heterocycles. The summed E-state index contributed by atoms with van der Waals surface area (Å²) in [6, 6.07) is 6.11. The normalized spacial score (nSPS) is 20.6. The van der Waals surface area contributed by atoms with Crippen molar-refractivity contribution in [2.75, 3.05) is 26.0 Å². The highest BCUT2D eigenvalue weighted by Crippen LogP contribution is 2.21. The Morgan fingerprint density at radius 2 is 2.38 bits per heavy atom. The van der Waals surface area contributed by atoms with Crippen LogP contribution in [0.3, 0.4) is 0 Å². The second kappa shape index (κ2) is 5.04. The van der Waals surface area contributed by atoms with Crippen molar-refractivity contribution in [2.24, 2.45) is 0 Å². The van der Waals surface area contributed by atoms with Gasteiger partial charge in [0.1, 0.15) is 0 Å². The van der Waals surface area contributed by atoms with E-state index < -0.39 is 0 Å². The van der Waals surface area contributed by atoms with Crippen molar-refractivity contribution in [2.45, 2.75) is 19.0 Å². The molecule has 0 radical (unpaired) electrons. The van der Waals surface area contributed by atoms with E-state index in [2.05, 4.69) is 11.9 Å². The Hall–Kier alpha value is -0.770. The van der Waals surface area contributed by atoms with Crippen molar-refractivity contribution < 1.29 is 4.74 Å². The molecule has 88 valence electrons. The average Bonchev–Trinajstić information content (AvgIpc) is 2.76. The number of nitrogens with two attached hydrogens (primary N) is 1. The van der Waals surface area contributed by atoms with E-state index in [4.69, 9.17) is 22.1 Å². The van der Waals surface area contributed by atoms with Crippen LogP contribution < -0.4 is 5.73 Å². The van der Waals surface area contributed by atoms with Gasteiger partial charge in [0.2, 0.25) is 0 Å². The summed E-state index contributed by atoms with van der Waals surface area (Å²) in [5.74, 6) is 0. The van der Waals surface area contributed by atoms with E-state index in [0.29, 0.717) is 6.04 Å². The molecule has 0 amide bonds. The number of anilines is 1. The molecule has 1 heterocycles. The summed E-state index contributed by atoms with van der Waals surface area (Å²) < 4.78 is 5.37. The van der Waals surface area contributed by atoms with Gasteiger partial charge in [-0.25, -0.2) is 0 Å². The maximum atomic E-state index is 5.96. The van der Waals surface area contributed by atoms with Crippen LogP contribution in [0.25, 0.3) is 0 Å². The van der Waals surface area contributed by atoms with Crippen LogP contribution in [-0.4, -0.2) is 31.2 Å². The van der Waals surface area contributed by atoms with Crippen LogP contribution in [0.2, 0.25) is 5.02 Å². The minimum atomic E-state index is 0.499. The third-order valence-electron chi connectivity index (χ3n) is 3.05. The van der Waals surface area contributed by atoms with Gasteiger partial charge in [-0.2, -0.15) is 0 Å². The van der Waals surface area contributed by atoms with Gasteiger partial charge in [-0.15, -0.1) is 0 Å². The number of hydrogen-bond acceptors (Lipinski definition) is 3. The van der Waals surface area contributed by atoms with Crippen molar-refractivity contribution in [1.82, 2.24) is 4.90 Å². The smallest absolute Gasteiger partial charge is 0.0622 e. The van der Waals surface area contributed by atoms with E-state index >= 15 is 0 Å². The molecule has 16 heavy (non-hydrogen) atoms. The first-order chi connectivity index (χ1) is 7.66. The van der Waals surface area contributed by atoms with E-state index in [-0.39, 0.29) is 0 Å². The molecule has 1 unspecified atom stereocenters. The molecule has 1 aliphatic heterocycles. The van der Waals surface area contributed by atoms with Gasteiger partial charge in [-0.1, -0.05) is 11.6 Å². The molecule has 0 aromatic heterocycles. The van der Waals surface area contributed by atoms with E-state index in [1.807, 2.05) is 18.2 Å². The summed E-state index contributed by atoms with van der Waals surface area (Å²) >= 11 is 5.96. The number of halogens is 1. The molecule has 0 saturated carbocycles. The molecule has 1 aromatic rings. The summed E-state index contributed by atoms with van der Waals surface area (Å²) in [4.78, 5) is 2.27. The van der Waals surface area contributed by atoms with Crippen molar-refractivity contribution in [3.8, 4) is 0 Å². The second-order valence-corrected chi connectivity index (χ2v) is 4.71. The lowest BCUT2D eigenvalue weighted by Gasteiger charge is -2.23. The maximum absolute atomic E-state index is 5.96. The zero-order chi connectivity index (χ0) is 11.5. The van der Waals surface area contributed by atoms with Crippen LogP contribution in [0.4, 0.5) is 5.69 Å². The van der Waals surface area contributed by atoms with Gasteiger partial charge in [0.15, 0.2) is 0 Å². The van der Waals surface area contributed by atoms with E-state index in [9.17, 15) is 0 Å². The van der Waals surface area contributed by atoms with Crippen molar-refractivity contribution in [3.05, 3.63) is 28.8 Å². The lowest BCUT2D eigenvalue weighted by Crippen LogP contribution is -2.31. The average molecular weight is 241 g/mol. The summed E-state index contributed by atoms with van der Waals surface area (Å²) in [7, 11) is 2.10. The number of nitrogen functional groups attached to an aromatic ring is 1. The number of hydrogen-bond donors (Lipinski definition) is 1. The SMILES string of the molecule is CN(Cc1cc(Cl)ccc1N)C1CCOC1. The Balaban J connectivity index is 2.04. The third-order valence-corrected chi connectivity index (χ3v) is 3.29. The molecule has 2 rings (SSSR count). The van der Waals surface area contributed by atoms with Gasteiger partial charge < -0.3 is 10.5 Å². The zero-order valence-electron chi connectivity index (χ0n) is 9.45. The molecule has 2 N–H and O–H groups in total. The predicted molar refractivity (Wildman–Crippen MR) is 66.6 cm³/mol. The van der Waals surface area contributed by atoms with Crippen LogP contribution in [0.5, 0.6) is 0 Å². The third kappa shape index (κ3) is 2.67. The summed E-state index contributed by atoms with van der Waals surface area (Å²) in [6.45, 7) is 2.50. The predicted octanol–water partition coefficient (Wildman–Crippen LogP) is 2.14. The lowest BCUT2D eigenvalue weighted by atomic mass is 10.1. The van der Waals surface area contributed by atoms with Gasteiger partial charge in [0, 0.05) is 29.9 Å². The highest BCUT2D eigenvalue weighted by atomic mass is 35.5. The molecule has 0 aliphatic carbocycles. The highest BCUT2D eigenvalue weighted by Gasteiger charge is 2.20. The largest absolute Gasteiger partial charge is 0.398 e. The Bertz CT molecular complexity index is 364. The minimum Gasteiger partial charge on any atom is -0.398 e. The molecule has 3 nitrogen and oxygen atoms in total. The van der Waals surface area contributed by atoms with Crippen molar-refractivity contribution in [1.29, 1.82) is 0 Å². The molecule has 0 spiro atoms. The molecule has 0 bridgehead atoms. The van der Waals surface area contributed by atoms with Gasteiger partial charge in [0.05, 0.1) is 6.61 Å². The molecule has 1 aliphatic rings. The van der Waals surface area contributed by atoms with Gasteiger partial charge in [-0.05, 0) is 37.2 Å². The fraction of sp³-hybridized carbons (Fsp3) is 0.500. The van der Waals surface area contributed by atoms with E-state index in [1.165, 1.54) is 0 Å². The molecule has 1 atom stereocenters. The van der Waals surface area contributed by atoms with Crippen LogP contribution in [0.1, 0.15) is 12.0 Å². The van der Waals surface area contributed by atoms with Gasteiger partial charge in [0.25, 0.3) is 0 Å². The molecular formula is C12H17ClN2O. The monoisotopic (exact) mass is 240 g/mol. The van der Waals surface area contributed by atoms with Crippen LogP contribution >= 0.6 is 11.6 Å². The topological polar surface area (TPSA) is 38.5 Å². The first-order valence-corrected chi connectivity index (χ1v) is 5.86. The molecular weight excluding hydrogens is 224 g/mol. The number of ether oxygens (including phenoxy) is 1. The van der Waals surface area contributed by atoms with Crippen LogP contribution in [-0.2, 0) is 11.3 Å². The fourth-order valence-corrected chi connectivity index (χ4v) is 2.17. The lowest BCUT2D eigenvalue weighted by molar-refractivity contribution is 0.156. The Morgan fingerprint density at radius 1 is 1.56 bits per heavy atom. The summed E-state index contributed by atoms with van der Waals surface area (Å²) in [5.41, 5.74) is 7.81. The van der Waals surface area contributed by atoms with E-state index in [0.717, 1.165) is 42.5 Å².